The molecule has 0 aromatic heterocycles. The highest BCUT2D eigenvalue weighted by atomic mass is 32.2. The van der Waals surface area contributed by atoms with Crippen LogP contribution in [0.5, 0.6) is 0 Å². The number of piperazine rings is 1. The van der Waals surface area contributed by atoms with E-state index in [-0.39, 0.29) is 24.1 Å². The molecule has 2 aliphatic rings. The maximum absolute atomic E-state index is 13.2. The van der Waals surface area contributed by atoms with Crippen molar-refractivity contribution in [2.24, 2.45) is 0 Å². The average molecular weight is 602 g/mol. The monoisotopic (exact) mass is 601 g/mol. The Kier molecular flexibility index (Phi) is 10.7. The largest absolute Gasteiger partial charge is 0.445 e. The lowest BCUT2D eigenvalue weighted by Gasteiger charge is -2.37. The Bertz CT molecular complexity index is 1210. The van der Waals surface area contributed by atoms with Gasteiger partial charge in [0, 0.05) is 44.5 Å². The third-order valence-electron chi connectivity index (χ3n) is 7.60. The highest BCUT2D eigenvalue weighted by Crippen LogP contribution is 2.52. The highest BCUT2D eigenvalue weighted by molar-refractivity contribution is 8.01. The number of rotatable bonds is 11. The zero-order chi connectivity index (χ0) is 29.2. The molecule has 3 N–H and O–H groups in total. The topological polar surface area (TPSA) is 68.9 Å². The van der Waals surface area contributed by atoms with Crippen LogP contribution in [0.1, 0.15) is 23.1 Å². The first-order valence-corrected chi connectivity index (χ1v) is 15.8. The third kappa shape index (κ3) is 7.22. The smallest absolute Gasteiger partial charge is 0.411 e. The van der Waals surface area contributed by atoms with Gasteiger partial charge in [0.2, 0.25) is 0 Å². The van der Waals surface area contributed by atoms with Gasteiger partial charge in [-0.15, -0.1) is 11.8 Å². The summed E-state index contributed by atoms with van der Waals surface area (Å²) in [4.78, 5) is 15.8. The van der Waals surface area contributed by atoms with Crippen molar-refractivity contribution >= 4 is 35.1 Å². The number of carbonyl (C=O) groups excluding carboxylic acids is 1. The van der Waals surface area contributed by atoms with E-state index in [0.29, 0.717) is 18.1 Å². The molecule has 9 heteroatoms. The molecule has 0 aliphatic carbocycles. The zero-order valence-electron chi connectivity index (χ0n) is 23.8. The van der Waals surface area contributed by atoms with Gasteiger partial charge in [-0.2, -0.15) is 0 Å². The van der Waals surface area contributed by atoms with Gasteiger partial charge in [-0.3, -0.25) is 10.2 Å². The fourth-order valence-corrected chi connectivity index (χ4v) is 7.71. The molecular formula is C33H39N5O2S2. The second kappa shape index (κ2) is 14.8. The maximum Gasteiger partial charge on any atom is 0.411 e. The fourth-order valence-electron chi connectivity index (χ4n) is 5.67. The molecule has 42 heavy (non-hydrogen) atoms. The molecule has 2 saturated heterocycles. The molecule has 3 aromatic carbocycles. The quantitative estimate of drug-likeness (QED) is 0.165. The van der Waals surface area contributed by atoms with Crippen LogP contribution in [0.25, 0.3) is 0 Å². The number of ether oxygens (including phenoxy) is 1. The molecule has 0 radical (unpaired) electrons. The summed E-state index contributed by atoms with van der Waals surface area (Å²) in [7, 11) is 0. The van der Waals surface area contributed by atoms with Crippen molar-refractivity contribution in [2.75, 3.05) is 45.9 Å². The molecule has 7 nitrogen and oxygen atoms in total. The number of likely N-dealkylation sites (tertiary alicyclic amines) is 1. The lowest BCUT2D eigenvalue weighted by molar-refractivity contribution is 0.103. The predicted octanol–water partition coefficient (Wildman–Crippen LogP) is 4.76. The van der Waals surface area contributed by atoms with Gasteiger partial charge in [-0.1, -0.05) is 116 Å². The van der Waals surface area contributed by atoms with Crippen molar-refractivity contribution in [1.29, 1.82) is 0 Å². The summed E-state index contributed by atoms with van der Waals surface area (Å²) >= 11 is 7.56. The summed E-state index contributed by atoms with van der Waals surface area (Å²) in [6, 6.07) is 32.0. The first-order chi connectivity index (χ1) is 20.6. The molecule has 2 atom stereocenters. The summed E-state index contributed by atoms with van der Waals surface area (Å²) < 4.78 is 5.05. The second-order valence-corrected chi connectivity index (χ2v) is 12.4. The van der Waals surface area contributed by atoms with E-state index in [1.165, 1.54) is 16.7 Å². The lowest BCUT2D eigenvalue weighted by atomic mass is 9.84. The van der Waals surface area contributed by atoms with Crippen LogP contribution >= 0.6 is 24.0 Å². The second-order valence-electron chi connectivity index (χ2n) is 10.4. The number of benzene rings is 3. The van der Waals surface area contributed by atoms with E-state index >= 15 is 0 Å². The van der Waals surface area contributed by atoms with Gasteiger partial charge < -0.3 is 15.5 Å². The van der Waals surface area contributed by atoms with E-state index < -0.39 is 4.75 Å². The van der Waals surface area contributed by atoms with Crippen LogP contribution in [-0.2, 0) is 9.48 Å². The molecule has 3 aromatic rings. The SMILES string of the molecule is C=CCOC(=O)N1CC(SC(c2ccccc2)(c2ccccc2)c2ccccc2)CC1NCC(=S)NN1CCNCC1. The minimum atomic E-state index is -0.473. The molecular weight excluding hydrogens is 563 g/mol. The number of amides is 1. The van der Waals surface area contributed by atoms with Gasteiger partial charge in [-0.05, 0) is 23.1 Å². The molecule has 2 heterocycles. The van der Waals surface area contributed by atoms with Gasteiger partial charge in [0.1, 0.15) is 11.6 Å². The molecule has 220 valence electrons. The minimum absolute atomic E-state index is 0.120. The molecule has 1 amide bonds. The number of thioether (sulfide) groups is 1. The summed E-state index contributed by atoms with van der Waals surface area (Å²) in [5.41, 5.74) is 6.94. The van der Waals surface area contributed by atoms with Crippen molar-refractivity contribution < 1.29 is 9.53 Å². The molecule has 0 bridgehead atoms. The Hall–Kier alpha value is -3.21. The normalized spacial score (nSPS) is 19.3. The summed E-state index contributed by atoms with van der Waals surface area (Å²) in [6.07, 6.45) is 1.78. The Morgan fingerprint density at radius 3 is 2.05 bits per heavy atom. The van der Waals surface area contributed by atoms with Crippen molar-refractivity contribution in [1.82, 2.24) is 26.0 Å². The molecule has 2 unspecified atom stereocenters. The average Bonchev–Trinajstić information content (AvgIpc) is 3.46. The van der Waals surface area contributed by atoms with Crippen LogP contribution in [0.15, 0.2) is 104 Å². The van der Waals surface area contributed by atoms with Crippen molar-refractivity contribution in [3.63, 3.8) is 0 Å². The Labute approximate surface area is 258 Å². The van der Waals surface area contributed by atoms with E-state index in [2.05, 4.69) is 119 Å². The van der Waals surface area contributed by atoms with Crippen LogP contribution in [-0.4, -0.2) is 78.3 Å². The Morgan fingerprint density at radius 2 is 1.52 bits per heavy atom. The van der Waals surface area contributed by atoms with Gasteiger partial charge in [0.05, 0.1) is 10.9 Å². The predicted molar refractivity (Wildman–Crippen MR) is 175 cm³/mol. The number of hydrogen-bond donors (Lipinski definition) is 3. The third-order valence-corrected chi connectivity index (χ3v) is 9.58. The number of nitrogens with one attached hydrogen (secondary N) is 3. The van der Waals surface area contributed by atoms with Crippen molar-refractivity contribution in [3.05, 3.63) is 120 Å². The van der Waals surface area contributed by atoms with Gasteiger partial charge >= 0.3 is 6.09 Å². The molecule has 2 fully saturated rings. The van der Waals surface area contributed by atoms with Crippen LogP contribution in [0.3, 0.4) is 0 Å². The zero-order valence-corrected chi connectivity index (χ0v) is 25.4. The van der Waals surface area contributed by atoms with E-state index in [9.17, 15) is 4.79 Å². The number of thiocarbonyl (C=S) groups is 1. The number of hydrogen-bond acceptors (Lipinski definition) is 7. The van der Waals surface area contributed by atoms with E-state index in [1.807, 2.05) is 11.8 Å². The molecule has 2 aliphatic heterocycles. The number of carbonyl (C=O) groups is 1. The van der Waals surface area contributed by atoms with E-state index in [4.69, 9.17) is 17.0 Å². The molecule has 0 saturated carbocycles. The minimum Gasteiger partial charge on any atom is -0.445 e. The van der Waals surface area contributed by atoms with Gasteiger partial charge in [-0.25, -0.2) is 9.80 Å². The first kappa shape index (κ1) is 30.3. The first-order valence-electron chi connectivity index (χ1n) is 14.5. The maximum atomic E-state index is 13.2. The Balaban J connectivity index is 1.42. The summed E-state index contributed by atoms with van der Waals surface area (Å²) in [5.74, 6) is 0. The highest BCUT2D eigenvalue weighted by Gasteiger charge is 2.44. The van der Waals surface area contributed by atoms with Crippen molar-refractivity contribution in [3.8, 4) is 0 Å². The summed E-state index contributed by atoms with van der Waals surface area (Å²) in [5, 5.41) is 9.16. The Morgan fingerprint density at radius 1 is 0.976 bits per heavy atom. The van der Waals surface area contributed by atoms with Crippen LogP contribution in [0.2, 0.25) is 0 Å². The molecule has 5 rings (SSSR count). The van der Waals surface area contributed by atoms with E-state index in [0.717, 1.165) is 32.6 Å². The summed E-state index contributed by atoms with van der Waals surface area (Å²) in [6.45, 7) is 8.53. The van der Waals surface area contributed by atoms with Crippen LogP contribution in [0, 0.1) is 0 Å². The van der Waals surface area contributed by atoms with Crippen molar-refractivity contribution in [2.45, 2.75) is 22.6 Å². The van der Waals surface area contributed by atoms with Gasteiger partial charge in [0.15, 0.2) is 0 Å². The van der Waals surface area contributed by atoms with E-state index in [1.54, 1.807) is 11.0 Å². The molecule has 0 spiro atoms. The lowest BCUT2D eigenvalue weighted by Crippen LogP contribution is -2.54. The number of hydrazine groups is 1. The van der Waals surface area contributed by atoms with Crippen LogP contribution < -0.4 is 16.1 Å². The fraction of sp³-hybridized carbons (Fsp3) is 0.333. The number of nitrogens with zero attached hydrogens (tertiary/aromatic N) is 2. The van der Waals surface area contributed by atoms with Crippen LogP contribution in [0.4, 0.5) is 4.79 Å². The van der Waals surface area contributed by atoms with Gasteiger partial charge in [0.25, 0.3) is 0 Å². The standard InChI is InChI=1S/C33H39N5O2S2/c1-2-22-40-32(39)38-25-29(23-30(38)35-24-31(41)36-37-20-18-34-19-21-37)42-33(26-12-6-3-7-13-26,27-14-8-4-9-15-27)28-16-10-5-11-17-28/h2-17,29-30,34-35H,1,18-25H2,(H,36,41).